The summed E-state index contributed by atoms with van der Waals surface area (Å²) in [5.41, 5.74) is 1.85. The number of hydrogen-bond donors (Lipinski definition) is 1. The van der Waals surface area contributed by atoms with Gasteiger partial charge in [0.2, 0.25) is 11.8 Å². The van der Waals surface area contributed by atoms with E-state index < -0.39 is 6.04 Å². The molecule has 0 heterocycles. The van der Waals surface area contributed by atoms with Crippen molar-refractivity contribution in [3.63, 3.8) is 0 Å². The number of hydrogen-bond acceptors (Lipinski definition) is 2. The fourth-order valence-electron chi connectivity index (χ4n) is 2.85. The van der Waals surface area contributed by atoms with Gasteiger partial charge in [-0.1, -0.05) is 60.5 Å². The van der Waals surface area contributed by atoms with E-state index in [2.05, 4.69) is 5.32 Å². The largest absolute Gasteiger partial charge is 0.354 e. The summed E-state index contributed by atoms with van der Waals surface area (Å²) in [6, 6.07) is 14.2. The maximum Gasteiger partial charge on any atom is 0.242 e. The minimum atomic E-state index is -0.569. The Morgan fingerprint density at radius 3 is 2.39 bits per heavy atom. The Balaban J connectivity index is 2.13. The van der Waals surface area contributed by atoms with Gasteiger partial charge < -0.3 is 10.2 Å². The lowest BCUT2D eigenvalue weighted by atomic mass is 10.1. The zero-order valence-electron chi connectivity index (χ0n) is 16.3. The van der Waals surface area contributed by atoms with Crippen molar-refractivity contribution in [3.05, 3.63) is 69.7 Å². The molecule has 28 heavy (non-hydrogen) atoms. The van der Waals surface area contributed by atoms with Gasteiger partial charge in [0.15, 0.2) is 0 Å². The number of rotatable bonds is 9. The minimum absolute atomic E-state index is 0.0889. The molecular formula is C22H26Cl2N2O2. The highest BCUT2D eigenvalue weighted by atomic mass is 35.5. The van der Waals surface area contributed by atoms with Crippen LogP contribution in [0.3, 0.4) is 0 Å². The number of nitrogens with one attached hydrogen (secondary N) is 1. The van der Waals surface area contributed by atoms with Crippen LogP contribution in [0, 0.1) is 0 Å². The average Bonchev–Trinajstić information content (AvgIpc) is 2.70. The fourth-order valence-corrected chi connectivity index (χ4v) is 3.21. The first kappa shape index (κ1) is 22.3. The summed E-state index contributed by atoms with van der Waals surface area (Å²) in [5, 5.41) is 4.15. The zero-order valence-corrected chi connectivity index (χ0v) is 17.8. The normalized spacial score (nSPS) is 11.7. The summed E-state index contributed by atoms with van der Waals surface area (Å²) in [5.74, 6) is -0.240. The Morgan fingerprint density at radius 2 is 1.75 bits per heavy atom. The molecule has 0 bridgehead atoms. The molecule has 0 aromatic heterocycles. The van der Waals surface area contributed by atoms with Gasteiger partial charge in [0.05, 0.1) is 0 Å². The minimum Gasteiger partial charge on any atom is -0.354 e. The van der Waals surface area contributed by atoms with Crippen molar-refractivity contribution in [3.8, 4) is 0 Å². The first-order chi connectivity index (χ1) is 13.4. The molecule has 6 heteroatoms. The van der Waals surface area contributed by atoms with Crippen molar-refractivity contribution in [1.82, 2.24) is 10.2 Å². The molecule has 4 nitrogen and oxygen atoms in total. The molecule has 0 radical (unpaired) electrons. The number of benzene rings is 2. The molecule has 0 spiro atoms. The molecule has 0 fully saturated rings. The second-order valence-corrected chi connectivity index (χ2v) is 7.55. The van der Waals surface area contributed by atoms with Gasteiger partial charge in [-0.25, -0.2) is 0 Å². The number of nitrogens with zero attached hydrogens (tertiary/aromatic N) is 1. The molecule has 1 atom stereocenters. The third-order valence-electron chi connectivity index (χ3n) is 4.55. The first-order valence-electron chi connectivity index (χ1n) is 9.47. The van der Waals surface area contributed by atoms with Crippen LogP contribution in [0.5, 0.6) is 0 Å². The SMILES string of the molecule is CCCNC(=O)[C@H](C)N(Cc1ccc(Cl)cc1)C(=O)CCc1ccccc1Cl. The van der Waals surface area contributed by atoms with Crippen molar-refractivity contribution < 1.29 is 9.59 Å². The number of carbonyl (C=O) groups excluding carboxylic acids is 2. The average molecular weight is 421 g/mol. The van der Waals surface area contributed by atoms with Gasteiger partial charge in [0.25, 0.3) is 0 Å². The lowest BCUT2D eigenvalue weighted by Gasteiger charge is -2.29. The highest BCUT2D eigenvalue weighted by Crippen LogP contribution is 2.19. The maximum absolute atomic E-state index is 13.0. The highest BCUT2D eigenvalue weighted by Gasteiger charge is 2.25. The van der Waals surface area contributed by atoms with E-state index in [0.717, 1.165) is 17.5 Å². The van der Waals surface area contributed by atoms with Crippen LogP contribution in [0.25, 0.3) is 0 Å². The third kappa shape index (κ3) is 6.54. The van der Waals surface area contributed by atoms with Crippen LogP contribution in [0.2, 0.25) is 10.0 Å². The van der Waals surface area contributed by atoms with Crippen molar-refractivity contribution in [2.45, 2.75) is 45.7 Å². The van der Waals surface area contributed by atoms with E-state index in [1.165, 1.54) is 0 Å². The molecule has 2 aromatic carbocycles. The second-order valence-electron chi connectivity index (χ2n) is 6.71. The number of halogens is 2. The van der Waals surface area contributed by atoms with Crippen LogP contribution in [-0.2, 0) is 22.6 Å². The highest BCUT2D eigenvalue weighted by molar-refractivity contribution is 6.31. The smallest absolute Gasteiger partial charge is 0.242 e. The molecule has 0 saturated carbocycles. The van der Waals surface area contributed by atoms with E-state index in [0.29, 0.717) is 29.6 Å². The van der Waals surface area contributed by atoms with Crippen LogP contribution in [-0.4, -0.2) is 29.3 Å². The summed E-state index contributed by atoms with van der Waals surface area (Å²) in [4.78, 5) is 27.1. The Labute approximate surface area is 176 Å². The summed E-state index contributed by atoms with van der Waals surface area (Å²) in [7, 11) is 0. The van der Waals surface area contributed by atoms with Gasteiger partial charge in [0.1, 0.15) is 6.04 Å². The lowest BCUT2D eigenvalue weighted by molar-refractivity contribution is -0.140. The van der Waals surface area contributed by atoms with Crippen molar-refractivity contribution >= 4 is 35.0 Å². The predicted octanol–water partition coefficient (Wildman–Crippen LogP) is 4.87. The van der Waals surface area contributed by atoms with Crippen LogP contribution in [0.1, 0.15) is 37.8 Å². The van der Waals surface area contributed by atoms with E-state index in [1.807, 2.05) is 43.3 Å². The van der Waals surface area contributed by atoms with Gasteiger partial charge in [-0.05, 0) is 49.1 Å². The van der Waals surface area contributed by atoms with Crippen molar-refractivity contribution in [2.75, 3.05) is 6.54 Å². The summed E-state index contributed by atoms with van der Waals surface area (Å²) in [6.45, 7) is 4.69. The number of aryl methyl sites for hydroxylation is 1. The first-order valence-corrected chi connectivity index (χ1v) is 10.2. The maximum atomic E-state index is 13.0. The zero-order chi connectivity index (χ0) is 20.5. The van der Waals surface area contributed by atoms with Gasteiger partial charge in [-0.3, -0.25) is 9.59 Å². The standard InChI is InChI=1S/C22H26Cl2N2O2/c1-3-14-25-22(28)16(2)26(15-17-8-11-19(23)12-9-17)21(27)13-10-18-6-4-5-7-20(18)24/h4-9,11-12,16H,3,10,13-15H2,1-2H3,(H,25,28)/t16-/m0/s1. The molecule has 0 saturated heterocycles. The van der Waals surface area contributed by atoms with Gasteiger partial charge in [-0.15, -0.1) is 0 Å². The molecule has 0 unspecified atom stereocenters. The van der Waals surface area contributed by atoms with Crippen LogP contribution >= 0.6 is 23.2 Å². The molecule has 150 valence electrons. The molecule has 2 aromatic rings. The third-order valence-corrected chi connectivity index (χ3v) is 5.17. The summed E-state index contributed by atoms with van der Waals surface area (Å²) >= 11 is 12.2. The van der Waals surface area contributed by atoms with Crippen LogP contribution in [0.4, 0.5) is 0 Å². The quantitative estimate of drug-likeness (QED) is 0.628. The molecule has 0 aliphatic carbocycles. The number of amides is 2. The van der Waals surface area contributed by atoms with Gasteiger partial charge in [0, 0.05) is 29.6 Å². The second kappa shape index (κ2) is 11.1. The van der Waals surface area contributed by atoms with E-state index >= 15 is 0 Å². The Bertz CT molecular complexity index is 793. The Kier molecular flexibility index (Phi) is 8.81. The predicted molar refractivity (Wildman–Crippen MR) is 115 cm³/mol. The Hall–Kier alpha value is -2.04. The molecule has 0 aliphatic heterocycles. The van der Waals surface area contributed by atoms with E-state index in [-0.39, 0.29) is 18.2 Å². The lowest BCUT2D eigenvalue weighted by Crippen LogP contribution is -2.47. The molecular weight excluding hydrogens is 395 g/mol. The molecule has 0 aliphatic rings. The van der Waals surface area contributed by atoms with E-state index in [1.54, 1.807) is 24.0 Å². The van der Waals surface area contributed by atoms with Crippen LogP contribution < -0.4 is 5.32 Å². The molecule has 2 rings (SSSR count). The Morgan fingerprint density at radius 1 is 1.07 bits per heavy atom. The van der Waals surface area contributed by atoms with Crippen molar-refractivity contribution in [2.24, 2.45) is 0 Å². The van der Waals surface area contributed by atoms with Crippen molar-refractivity contribution in [1.29, 1.82) is 0 Å². The topological polar surface area (TPSA) is 49.4 Å². The fraction of sp³-hybridized carbons (Fsp3) is 0.364. The molecule has 1 N–H and O–H groups in total. The number of carbonyl (C=O) groups is 2. The van der Waals surface area contributed by atoms with Gasteiger partial charge in [-0.2, -0.15) is 0 Å². The summed E-state index contributed by atoms with van der Waals surface area (Å²) in [6.07, 6.45) is 1.65. The summed E-state index contributed by atoms with van der Waals surface area (Å²) < 4.78 is 0. The monoisotopic (exact) mass is 420 g/mol. The van der Waals surface area contributed by atoms with E-state index in [9.17, 15) is 9.59 Å². The van der Waals surface area contributed by atoms with Gasteiger partial charge >= 0.3 is 0 Å². The van der Waals surface area contributed by atoms with Crippen LogP contribution in [0.15, 0.2) is 48.5 Å². The molecule has 2 amide bonds. The van der Waals surface area contributed by atoms with E-state index in [4.69, 9.17) is 23.2 Å².